The predicted octanol–water partition coefficient (Wildman–Crippen LogP) is 1.92. The first kappa shape index (κ1) is 15.0. The molecule has 4 N–H and O–H groups in total. The second-order valence-electron chi connectivity index (χ2n) is 3.47. The number of aliphatic hydroxyl groups is 1. The van der Waals surface area contributed by atoms with Crippen LogP contribution in [0.25, 0.3) is 0 Å². The molecule has 90 valence electrons. The Balaban J connectivity index is 0.00000225. The molecule has 0 spiro atoms. The topological polar surface area (TPSA) is 66.5 Å². The number of para-hydroxylation sites is 1. The lowest BCUT2D eigenvalue weighted by Gasteiger charge is -2.14. The van der Waals surface area contributed by atoms with Crippen LogP contribution in [0.1, 0.15) is 23.6 Å². The average molecular weight is 244 g/mol. The van der Waals surface area contributed by atoms with Crippen LogP contribution in [-0.4, -0.2) is 16.8 Å². The van der Waals surface area contributed by atoms with E-state index in [1.54, 1.807) is 12.1 Å². The third kappa shape index (κ3) is 3.52. The normalized spacial score (nSPS) is 11.6. The second-order valence-corrected chi connectivity index (χ2v) is 3.47. The van der Waals surface area contributed by atoms with Crippen LogP contribution in [0.2, 0.25) is 0 Å². The molecule has 4 heteroatoms. The molecule has 1 atom stereocenters. The van der Waals surface area contributed by atoms with E-state index in [1.807, 2.05) is 12.1 Å². The van der Waals surface area contributed by atoms with Crippen LogP contribution in [0.5, 0.6) is 5.75 Å². The van der Waals surface area contributed by atoms with E-state index < -0.39 is 0 Å². The van der Waals surface area contributed by atoms with Crippen LogP contribution in [0, 0.1) is 0 Å². The van der Waals surface area contributed by atoms with Gasteiger partial charge in [0, 0.05) is 18.2 Å². The molecule has 1 unspecified atom stereocenters. The van der Waals surface area contributed by atoms with E-state index in [9.17, 15) is 5.11 Å². The summed E-state index contributed by atoms with van der Waals surface area (Å²) in [7, 11) is 0. The van der Waals surface area contributed by atoms with Crippen molar-refractivity contribution in [3.63, 3.8) is 0 Å². The van der Waals surface area contributed by atoms with Crippen molar-refractivity contribution in [2.24, 2.45) is 5.73 Å². The molecule has 0 saturated heterocycles. The lowest BCUT2D eigenvalue weighted by atomic mass is 9.99. The highest BCUT2D eigenvalue weighted by Gasteiger charge is 2.12. The quantitative estimate of drug-likeness (QED) is 0.693. The third-order valence-corrected chi connectivity index (χ3v) is 2.35. The number of benzene rings is 1. The number of allylic oxidation sites excluding steroid dienone is 1. The van der Waals surface area contributed by atoms with Crippen molar-refractivity contribution in [1.82, 2.24) is 0 Å². The van der Waals surface area contributed by atoms with E-state index in [1.165, 1.54) is 0 Å². The van der Waals surface area contributed by atoms with Gasteiger partial charge in [0.25, 0.3) is 0 Å². The van der Waals surface area contributed by atoms with Gasteiger partial charge in [0.05, 0.1) is 0 Å². The van der Waals surface area contributed by atoms with Crippen LogP contribution in [-0.2, 0) is 6.42 Å². The molecule has 0 aromatic heterocycles. The van der Waals surface area contributed by atoms with Crippen LogP contribution in [0.3, 0.4) is 0 Å². The molecule has 0 aliphatic heterocycles. The van der Waals surface area contributed by atoms with Crippen molar-refractivity contribution in [3.05, 3.63) is 42.0 Å². The molecule has 0 fully saturated rings. The minimum atomic E-state index is -0.320. The number of halogens is 1. The van der Waals surface area contributed by atoms with Crippen LogP contribution < -0.4 is 5.73 Å². The summed E-state index contributed by atoms with van der Waals surface area (Å²) in [5.74, 6) is 0.221. The molecule has 16 heavy (non-hydrogen) atoms. The Kier molecular flexibility index (Phi) is 6.81. The third-order valence-electron chi connectivity index (χ3n) is 2.35. The predicted molar refractivity (Wildman–Crippen MR) is 67.9 cm³/mol. The number of hydrogen-bond acceptors (Lipinski definition) is 3. The Labute approximate surface area is 102 Å². The molecule has 0 saturated carbocycles. The number of rotatable bonds is 5. The van der Waals surface area contributed by atoms with E-state index in [4.69, 9.17) is 10.8 Å². The van der Waals surface area contributed by atoms with Gasteiger partial charge >= 0.3 is 0 Å². The summed E-state index contributed by atoms with van der Waals surface area (Å²) in [6, 6.07) is 5.15. The SMILES string of the molecule is C=CCc1cccc(C(N)CCO)c1O.Cl. The minimum absolute atomic E-state index is 0. The van der Waals surface area contributed by atoms with E-state index in [2.05, 4.69) is 6.58 Å². The summed E-state index contributed by atoms with van der Waals surface area (Å²) in [5.41, 5.74) is 7.32. The van der Waals surface area contributed by atoms with Gasteiger partial charge in [-0.15, -0.1) is 19.0 Å². The molecular weight excluding hydrogens is 226 g/mol. The van der Waals surface area contributed by atoms with Crippen molar-refractivity contribution in [2.75, 3.05) is 6.61 Å². The maximum Gasteiger partial charge on any atom is 0.123 e. The first-order valence-electron chi connectivity index (χ1n) is 4.98. The van der Waals surface area contributed by atoms with Crippen molar-refractivity contribution in [1.29, 1.82) is 0 Å². The number of aromatic hydroxyl groups is 1. The molecule has 0 aliphatic carbocycles. The van der Waals surface area contributed by atoms with Crippen molar-refractivity contribution in [2.45, 2.75) is 18.9 Å². The smallest absolute Gasteiger partial charge is 0.123 e. The fourth-order valence-corrected chi connectivity index (χ4v) is 1.53. The first-order valence-corrected chi connectivity index (χ1v) is 4.98. The summed E-state index contributed by atoms with van der Waals surface area (Å²) in [6.45, 7) is 3.65. The molecule has 1 aromatic rings. The highest BCUT2D eigenvalue weighted by atomic mass is 35.5. The van der Waals surface area contributed by atoms with Crippen molar-refractivity contribution < 1.29 is 10.2 Å². The summed E-state index contributed by atoms with van der Waals surface area (Å²) < 4.78 is 0. The Hall–Kier alpha value is -1.03. The molecule has 0 heterocycles. The number of phenols is 1. The summed E-state index contributed by atoms with van der Waals surface area (Å²) >= 11 is 0. The van der Waals surface area contributed by atoms with Gasteiger partial charge in [-0.05, 0) is 18.4 Å². The van der Waals surface area contributed by atoms with E-state index in [-0.39, 0.29) is 30.8 Å². The molecule has 0 amide bonds. The zero-order chi connectivity index (χ0) is 11.3. The van der Waals surface area contributed by atoms with Gasteiger partial charge in [0.2, 0.25) is 0 Å². The summed E-state index contributed by atoms with van der Waals surface area (Å²) in [6.07, 6.45) is 2.80. The zero-order valence-electron chi connectivity index (χ0n) is 9.10. The minimum Gasteiger partial charge on any atom is -0.507 e. The number of phenolic OH excluding ortho intramolecular Hbond substituents is 1. The highest BCUT2D eigenvalue weighted by molar-refractivity contribution is 5.85. The lowest BCUT2D eigenvalue weighted by molar-refractivity contribution is 0.275. The molecular formula is C12H18ClNO2. The number of aliphatic hydroxyl groups excluding tert-OH is 1. The van der Waals surface area contributed by atoms with Crippen molar-refractivity contribution in [3.8, 4) is 5.75 Å². The molecule has 0 radical (unpaired) electrons. The van der Waals surface area contributed by atoms with Gasteiger partial charge in [-0.25, -0.2) is 0 Å². The van der Waals surface area contributed by atoms with Crippen LogP contribution in [0.15, 0.2) is 30.9 Å². The maximum atomic E-state index is 9.91. The van der Waals surface area contributed by atoms with Gasteiger partial charge in [0.1, 0.15) is 5.75 Å². The van der Waals surface area contributed by atoms with E-state index in [0.29, 0.717) is 18.4 Å². The van der Waals surface area contributed by atoms with Crippen molar-refractivity contribution >= 4 is 12.4 Å². The van der Waals surface area contributed by atoms with E-state index >= 15 is 0 Å². The molecule has 3 nitrogen and oxygen atoms in total. The molecule has 0 aliphatic rings. The number of nitrogens with two attached hydrogens (primary N) is 1. The maximum absolute atomic E-state index is 9.91. The van der Waals surface area contributed by atoms with Crippen LogP contribution >= 0.6 is 12.4 Å². The number of hydrogen-bond donors (Lipinski definition) is 3. The Morgan fingerprint density at radius 2 is 2.12 bits per heavy atom. The highest BCUT2D eigenvalue weighted by Crippen LogP contribution is 2.28. The first-order chi connectivity index (χ1) is 7.20. The lowest BCUT2D eigenvalue weighted by Crippen LogP contribution is -2.12. The Morgan fingerprint density at radius 1 is 1.44 bits per heavy atom. The largest absolute Gasteiger partial charge is 0.507 e. The summed E-state index contributed by atoms with van der Waals surface area (Å²) in [4.78, 5) is 0. The Bertz CT molecular complexity index is 342. The molecule has 1 aromatic carbocycles. The molecule has 1 rings (SSSR count). The molecule has 0 bridgehead atoms. The van der Waals surface area contributed by atoms with Gasteiger partial charge in [-0.2, -0.15) is 0 Å². The van der Waals surface area contributed by atoms with Crippen LogP contribution in [0.4, 0.5) is 0 Å². The fourth-order valence-electron chi connectivity index (χ4n) is 1.53. The van der Waals surface area contributed by atoms with Gasteiger partial charge < -0.3 is 15.9 Å². The summed E-state index contributed by atoms with van der Waals surface area (Å²) in [5, 5.41) is 18.7. The van der Waals surface area contributed by atoms with Gasteiger partial charge in [-0.3, -0.25) is 0 Å². The zero-order valence-corrected chi connectivity index (χ0v) is 9.91. The average Bonchev–Trinajstić information content (AvgIpc) is 2.22. The van der Waals surface area contributed by atoms with Gasteiger partial charge in [-0.1, -0.05) is 24.3 Å². The van der Waals surface area contributed by atoms with Gasteiger partial charge in [0.15, 0.2) is 0 Å². The standard InChI is InChI=1S/C12H17NO2.ClH/c1-2-4-9-5-3-6-10(12(9)15)11(13)7-8-14;/h2-3,5-6,11,14-15H,1,4,7-8,13H2;1H. The Morgan fingerprint density at radius 3 is 2.69 bits per heavy atom. The van der Waals surface area contributed by atoms with E-state index in [0.717, 1.165) is 5.56 Å². The second kappa shape index (κ2) is 7.28. The monoisotopic (exact) mass is 243 g/mol. The fraction of sp³-hybridized carbons (Fsp3) is 0.333.